The molecule has 8 nitrogen and oxygen atoms in total. The first kappa shape index (κ1) is 12.4. The standard InChI is InChI=1S/C11H10N6O2S/c18-20(19,9-7-13-14-8-9)16-10-3-1-4-12-11(10)17-6-2-5-15-17/h1-8,16H,(H,13,14). The molecule has 0 spiro atoms. The Morgan fingerprint density at radius 1 is 1.25 bits per heavy atom. The Morgan fingerprint density at radius 3 is 2.85 bits per heavy atom. The minimum Gasteiger partial charge on any atom is -0.284 e. The molecule has 3 heterocycles. The van der Waals surface area contributed by atoms with E-state index in [2.05, 4.69) is 25.0 Å². The topological polar surface area (TPSA) is 106 Å². The van der Waals surface area contributed by atoms with Crippen LogP contribution in [-0.2, 0) is 10.0 Å². The Hall–Kier alpha value is -2.68. The van der Waals surface area contributed by atoms with Crippen molar-refractivity contribution in [1.82, 2.24) is 25.0 Å². The van der Waals surface area contributed by atoms with Crippen molar-refractivity contribution in [2.45, 2.75) is 4.90 Å². The summed E-state index contributed by atoms with van der Waals surface area (Å²) >= 11 is 0. The van der Waals surface area contributed by atoms with Crippen LogP contribution in [-0.4, -0.2) is 33.4 Å². The van der Waals surface area contributed by atoms with Crippen LogP contribution in [0.5, 0.6) is 0 Å². The number of rotatable bonds is 4. The van der Waals surface area contributed by atoms with Crippen LogP contribution in [0, 0.1) is 0 Å². The molecule has 9 heteroatoms. The van der Waals surface area contributed by atoms with Gasteiger partial charge in [0.05, 0.1) is 11.9 Å². The zero-order valence-corrected chi connectivity index (χ0v) is 10.9. The first-order valence-electron chi connectivity index (χ1n) is 5.63. The van der Waals surface area contributed by atoms with Crippen LogP contribution < -0.4 is 4.72 Å². The summed E-state index contributed by atoms with van der Waals surface area (Å²) in [6.07, 6.45) is 7.35. The van der Waals surface area contributed by atoms with Crippen LogP contribution in [0.15, 0.2) is 54.1 Å². The number of nitrogens with one attached hydrogen (secondary N) is 2. The Kier molecular flexibility index (Phi) is 2.95. The van der Waals surface area contributed by atoms with Crippen LogP contribution >= 0.6 is 0 Å². The summed E-state index contributed by atoms with van der Waals surface area (Å²) in [5.41, 5.74) is 0.331. The number of hydrogen-bond donors (Lipinski definition) is 2. The zero-order chi connectivity index (χ0) is 14.0. The Labute approximate surface area is 114 Å². The summed E-state index contributed by atoms with van der Waals surface area (Å²) in [5, 5.41) is 10.1. The lowest BCUT2D eigenvalue weighted by Gasteiger charge is -2.10. The largest absolute Gasteiger partial charge is 0.284 e. The number of aromatic nitrogens is 5. The first-order chi connectivity index (χ1) is 9.67. The van der Waals surface area contributed by atoms with Gasteiger partial charge in [-0.15, -0.1) is 0 Å². The van der Waals surface area contributed by atoms with Gasteiger partial charge in [-0.05, 0) is 18.2 Å². The molecule has 3 aromatic rings. The summed E-state index contributed by atoms with van der Waals surface area (Å²) in [4.78, 5) is 4.19. The summed E-state index contributed by atoms with van der Waals surface area (Å²) in [6.45, 7) is 0. The maximum atomic E-state index is 12.2. The highest BCUT2D eigenvalue weighted by atomic mass is 32.2. The van der Waals surface area contributed by atoms with Crippen LogP contribution in [0.4, 0.5) is 5.69 Å². The molecule has 0 aromatic carbocycles. The fourth-order valence-corrected chi connectivity index (χ4v) is 2.61. The fourth-order valence-electron chi connectivity index (χ4n) is 1.64. The molecule has 0 aliphatic rings. The summed E-state index contributed by atoms with van der Waals surface area (Å²) in [6, 6.07) is 4.98. The normalized spacial score (nSPS) is 11.4. The van der Waals surface area contributed by atoms with Gasteiger partial charge in [0.1, 0.15) is 4.90 Å². The molecule has 2 N–H and O–H groups in total. The molecule has 3 rings (SSSR count). The van der Waals surface area contributed by atoms with Crippen molar-refractivity contribution in [2.75, 3.05) is 4.72 Å². The van der Waals surface area contributed by atoms with Crippen molar-refractivity contribution in [2.24, 2.45) is 0 Å². The van der Waals surface area contributed by atoms with Crippen molar-refractivity contribution >= 4 is 15.7 Å². The van der Waals surface area contributed by atoms with Crippen LogP contribution in [0.3, 0.4) is 0 Å². The Morgan fingerprint density at radius 2 is 2.15 bits per heavy atom. The predicted octanol–water partition coefficient (Wildman–Crippen LogP) is 0.791. The summed E-state index contributed by atoms with van der Waals surface area (Å²) in [5.74, 6) is 0.393. The fraction of sp³-hybridized carbons (Fsp3) is 0. The van der Waals surface area contributed by atoms with Gasteiger partial charge in [-0.1, -0.05) is 0 Å². The molecule has 102 valence electrons. The number of anilines is 1. The zero-order valence-electron chi connectivity index (χ0n) is 10.1. The van der Waals surface area contributed by atoms with Crippen LogP contribution in [0.1, 0.15) is 0 Å². The third-order valence-electron chi connectivity index (χ3n) is 2.54. The predicted molar refractivity (Wildman–Crippen MR) is 70.8 cm³/mol. The monoisotopic (exact) mass is 290 g/mol. The third kappa shape index (κ3) is 2.26. The van der Waals surface area contributed by atoms with Crippen molar-refractivity contribution in [3.8, 4) is 5.82 Å². The van der Waals surface area contributed by atoms with E-state index >= 15 is 0 Å². The molecular formula is C11H10N6O2S. The van der Waals surface area contributed by atoms with Gasteiger partial charge in [-0.25, -0.2) is 18.1 Å². The lowest BCUT2D eigenvalue weighted by Crippen LogP contribution is -2.15. The molecule has 20 heavy (non-hydrogen) atoms. The highest BCUT2D eigenvalue weighted by Crippen LogP contribution is 2.20. The van der Waals surface area contributed by atoms with Gasteiger partial charge in [0.2, 0.25) is 0 Å². The van der Waals surface area contributed by atoms with Gasteiger partial charge in [-0.3, -0.25) is 9.82 Å². The Bertz CT molecular complexity index is 795. The first-order valence-corrected chi connectivity index (χ1v) is 7.12. The van der Waals surface area contributed by atoms with E-state index in [-0.39, 0.29) is 4.90 Å². The Balaban J connectivity index is 2.00. The number of hydrogen-bond acceptors (Lipinski definition) is 5. The van der Waals surface area contributed by atoms with Crippen molar-refractivity contribution in [1.29, 1.82) is 0 Å². The van der Waals surface area contributed by atoms with Gasteiger partial charge in [-0.2, -0.15) is 10.2 Å². The van der Waals surface area contributed by atoms with Crippen molar-refractivity contribution in [3.63, 3.8) is 0 Å². The maximum absolute atomic E-state index is 12.2. The highest BCUT2D eigenvalue weighted by molar-refractivity contribution is 7.92. The van der Waals surface area contributed by atoms with Crippen LogP contribution in [0.25, 0.3) is 5.82 Å². The average Bonchev–Trinajstić information content (AvgIpc) is 3.13. The number of sulfonamides is 1. The minimum atomic E-state index is -3.71. The van der Waals surface area contributed by atoms with E-state index in [1.165, 1.54) is 17.1 Å². The van der Waals surface area contributed by atoms with Gasteiger partial charge in [0, 0.05) is 24.8 Å². The second-order valence-corrected chi connectivity index (χ2v) is 5.55. The molecular weight excluding hydrogens is 280 g/mol. The molecule has 0 aliphatic carbocycles. The molecule has 0 saturated carbocycles. The van der Waals surface area contributed by atoms with E-state index in [1.807, 2.05) is 0 Å². The molecule has 0 atom stereocenters. The van der Waals surface area contributed by atoms with E-state index < -0.39 is 10.0 Å². The second-order valence-electron chi connectivity index (χ2n) is 3.86. The lowest BCUT2D eigenvalue weighted by molar-refractivity contribution is 0.601. The molecule has 0 amide bonds. The SMILES string of the molecule is O=S(=O)(Nc1cccnc1-n1cccn1)c1cn[nH]c1. The molecule has 0 aliphatic heterocycles. The minimum absolute atomic E-state index is 0.0489. The number of aromatic amines is 1. The van der Waals surface area contributed by atoms with E-state index in [0.29, 0.717) is 11.5 Å². The number of nitrogens with zero attached hydrogens (tertiary/aromatic N) is 4. The van der Waals surface area contributed by atoms with Crippen molar-refractivity contribution < 1.29 is 8.42 Å². The van der Waals surface area contributed by atoms with E-state index in [4.69, 9.17) is 0 Å². The third-order valence-corrected chi connectivity index (χ3v) is 3.87. The quantitative estimate of drug-likeness (QED) is 0.739. The van der Waals surface area contributed by atoms with Gasteiger partial charge < -0.3 is 0 Å². The van der Waals surface area contributed by atoms with E-state index in [9.17, 15) is 8.42 Å². The maximum Gasteiger partial charge on any atom is 0.265 e. The average molecular weight is 290 g/mol. The van der Waals surface area contributed by atoms with Gasteiger partial charge >= 0.3 is 0 Å². The number of pyridine rings is 1. The van der Waals surface area contributed by atoms with Crippen molar-refractivity contribution in [3.05, 3.63) is 49.2 Å². The lowest BCUT2D eigenvalue weighted by atomic mass is 10.4. The number of H-pyrrole nitrogens is 1. The van der Waals surface area contributed by atoms with Gasteiger partial charge in [0.15, 0.2) is 5.82 Å². The smallest absolute Gasteiger partial charge is 0.265 e. The summed E-state index contributed by atoms with van der Waals surface area (Å²) in [7, 11) is -3.71. The van der Waals surface area contributed by atoms with Gasteiger partial charge in [0.25, 0.3) is 10.0 Å². The highest BCUT2D eigenvalue weighted by Gasteiger charge is 2.18. The molecule has 3 aromatic heterocycles. The summed E-state index contributed by atoms with van der Waals surface area (Å²) < 4.78 is 28.3. The molecule has 0 bridgehead atoms. The van der Waals surface area contributed by atoms with E-state index in [0.717, 1.165) is 0 Å². The molecule has 0 unspecified atom stereocenters. The molecule has 0 saturated heterocycles. The second kappa shape index (κ2) is 4.78. The van der Waals surface area contributed by atoms with Crippen LogP contribution in [0.2, 0.25) is 0 Å². The van der Waals surface area contributed by atoms with E-state index in [1.54, 1.807) is 36.8 Å². The molecule has 0 radical (unpaired) electrons. The molecule has 0 fully saturated rings.